The molecule has 5 nitrogen and oxygen atoms in total. The summed E-state index contributed by atoms with van der Waals surface area (Å²) in [5.74, 6) is 0. The van der Waals surface area contributed by atoms with E-state index in [-0.39, 0.29) is 4.90 Å². The molecule has 158 valence electrons. The molecule has 0 aliphatic rings. The molecule has 0 unspecified atom stereocenters. The van der Waals surface area contributed by atoms with Crippen LogP contribution in [-0.2, 0) is 10.1 Å². The Morgan fingerprint density at radius 2 is 1.50 bits per heavy atom. The van der Waals surface area contributed by atoms with E-state index >= 15 is 0 Å². The van der Waals surface area contributed by atoms with Crippen LogP contribution < -0.4 is 4.90 Å². The van der Waals surface area contributed by atoms with Crippen LogP contribution in [0.3, 0.4) is 0 Å². The third kappa shape index (κ3) is 7.13. The fraction of sp³-hybridized carbons (Fsp3) is 0.208. The standard InChI is InChI=1S/C16H18N2.C8H10O3S/c1-13-12-15(10-11-17-13)5-4-14-6-8-16(9-7-14)18(2)3;1-6-3-4-8(7(2)5-6)12(9,10)11/h4-12H,1-3H3;3-5H,1-2H3,(H,9,10,11). The maximum absolute atomic E-state index is 10.7. The van der Waals surface area contributed by atoms with Gasteiger partial charge in [0.2, 0.25) is 0 Å². The molecule has 0 saturated carbocycles. The van der Waals surface area contributed by atoms with Crippen molar-refractivity contribution in [3.8, 4) is 0 Å². The van der Waals surface area contributed by atoms with Gasteiger partial charge in [-0.25, -0.2) is 0 Å². The van der Waals surface area contributed by atoms with Crippen molar-refractivity contribution in [2.75, 3.05) is 19.0 Å². The van der Waals surface area contributed by atoms with Crippen molar-refractivity contribution in [2.45, 2.75) is 25.7 Å². The van der Waals surface area contributed by atoms with Gasteiger partial charge in [-0.3, -0.25) is 9.54 Å². The zero-order valence-corrected chi connectivity index (χ0v) is 18.8. The van der Waals surface area contributed by atoms with Gasteiger partial charge in [-0.05, 0) is 67.8 Å². The quantitative estimate of drug-likeness (QED) is 0.585. The van der Waals surface area contributed by atoms with Gasteiger partial charge in [0.1, 0.15) is 0 Å². The summed E-state index contributed by atoms with van der Waals surface area (Å²) < 4.78 is 30.2. The molecule has 0 fully saturated rings. The monoisotopic (exact) mass is 424 g/mol. The summed E-state index contributed by atoms with van der Waals surface area (Å²) >= 11 is 0. The molecule has 1 aromatic heterocycles. The van der Waals surface area contributed by atoms with Crippen LogP contribution in [0.15, 0.2) is 65.7 Å². The van der Waals surface area contributed by atoms with E-state index in [2.05, 4.69) is 52.4 Å². The fourth-order valence-electron chi connectivity index (χ4n) is 2.84. The smallest absolute Gasteiger partial charge is 0.294 e. The van der Waals surface area contributed by atoms with E-state index in [1.165, 1.54) is 22.9 Å². The molecule has 0 aliphatic heterocycles. The molecule has 0 amide bonds. The second kappa shape index (κ2) is 10.2. The van der Waals surface area contributed by atoms with Gasteiger partial charge >= 0.3 is 0 Å². The van der Waals surface area contributed by atoms with Crippen molar-refractivity contribution in [1.82, 2.24) is 4.98 Å². The van der Waals surface area contributed by atoms with Crippen molar-refractivity contribution >= 4 is 28.0 Å². The molecule has 1 heterocycles. The first kappa shape index (κ1) is 23.3. The SMILES string of the molecule is Cc1cc(C=Cc2ccc(N(C)C)cc2)ccn1.Cc1ccc(S(=O)(=O)O)c(C)c1. The summed E-state index contributed by atoms with van der Waals surface area (Å²) in [5.41, 5.74) is 6.18. The van der Waals surface area contributed by atoms with Gasteiger partial charge in [0.25, 0.3) is 10.1 Å². The molecular formula is C24H28N2O3S. The molecule has 0 aliphatic carbocycles. The van der Waals surface area contributed by atoms with Crippen LogP contribution in [0.25, 0.3) is 12.2 Å². The predicted octanol–water partition coefficient (Wildman–Crippen LogP) is 5.18. The Labute approximate surface area is 179 Å². The molecule has 0 spiro atoms. The van der Waals surface area contributed by atoms with E-state index in [0.29, 0.717) is 5.56 Å². The van der Waals surface area contributed by atoms with Gasteiger partial charge in [0, 0.05) is 31.7 Å². The van der Waals surface area contributed by atoms with Crippen LogP contribution in [0, 0.1) is 20.8 Å². The molecule has 2 aromatic carbocycles. The number of anilines is 1. The lowest BCUT2D eigenvalue weighted by Gasteiger charge is -2.11. The Bertz CT molecular complexity index is 1120. The van der Waals surface area contributed by atoms with Crippen LogP contribution in [0.2, 0.25) is 0 Å². The summed E-state index contributed by atoms with van der Waals surface area (Å²) in [6.45, 7) is 5.51. The number of benzene rings is 2. The lowest BCUT2D eigenvalue weighted by molar-refractivity contribution is 0.482. The normalized spacial score (nSPS) is 11.1. The molecule has 1 N–H and O–H groups in total. The van der Waals surface area contributed by atoms with Crippen LogP contribution >= 0.6 is 0 Å². The lowest BCUT2D eigenvalue weighted by Crippen LogP contribution is -2.07. The van der Waals surface area contributed by atoms with Gasteiger partial charge in [0.15, 0.2) is 0 Å². The number of hydrogen-bond donors (Lipinski definition) is 1. The maximum atomic E-state index is 10.7. The molecule has 0 saturated heterocycles. The first-order valence-corrected chi connectivity index (χ1v) is 10.9. The molecule has 0 bridgehead atoms. The van der Waals surface area contributed by atoms with Crippen LogP contribution in [0.1, 0.15) is 27.9 Å². The topological polar surface area (TPSA) is 70.5 Å². The van der Waals surface area contributed by atoms with E-state index < -0.39 is 10.1 Å². The average molecular weight is 425 g/mol. The maximum Gasteiger partial charge on any atom is 0.294 e. The van der Waals surface area contributed by atoms with Gasteiger partial charge in [0.05, 0.1) is 4.90 Å². The van der Waals surface area contributed by atoms with Crippen molar-refractivity contribution in [1.29, 1.82) is 0 Å². The Balaban J connectivity index is 0.000000232. The fourth-order valence-corrected chi connectivity index (χ4v) is 3.54. The molecule has 3 rings (SSSR count). The predicted molar refractivity (Wildman–Crippen MR) is 124 cm³/mol. The highest BCUT2D eigenvalue weighted by Crippen LogP contribution is 2.16. The number of aryl methyl sites for hydroxylation is 3. The minimum absolute atomic E-state index is 0.0203. The highest BCUT2D eigenvalue weighted by molar-refractivity contribution is 7.85. The van der Waals surface area contributed by atoms with E-state index in [9.17, 15) is 8.42 Å². The van der Waals surface area contributed by atoms with Crippen LogP contribution in [0.5, 0.6) is 0 Å². The molecule has 6 heteroatoms. The van der Waals surface area contributed by atoms with Crippen molar-refractivity contribution in [2.24, 2.45) is 0 Å². The Kier molecular flexibility index (Phi) is 7.92. The molecule has 0 radical (unpaired) electrons. The van der Waals surface area contributed by atoms with Crippen molar-refractivity contribution in [3.05, 3.63) is 88.7 Å². The minimum atomic E-state index is -4.05. The third-order valence-corrected chi connectivity index (χ3v) is 5.42. The lowest BCUT2D eigenvalue weighted by atomic mass is 10.1. The first-order valence-electron chi connectivity index (χ1n) is 9.49. The Hall–Kier alpha value is -2.96. The number of rotatable bonds is 4. The third-order valence-electron chi connectivity index (χ3n) is 4.41. The van der Waals surface area contributed by atoms with Crippen LogP contribution in [-0.4, -0.2) is 32.0 Å². The average Bonchev–Trinajstić information content (AvgIpc) is 2.66. The summed E-state index contributed by atoms with van der Waals surface area (Å²) in [6, 6.07) is 17.3. The highest BCUT2D eigenvalue weighted by Gasteiger charge is 2.11. The van der Waals surface area contributed by atoms with Gasteiger partial charge in [-0.1, -0.05) is 42.0 Å². The number of aromatic nitrogens is 1. The van der Waals surface area contributed by atoms with Crippen molar-refractivity contribution < 1.29 is 13.0 Å². The molecule has 0 atom stereocenters. The zero-order chi connectivity index (χ0) is 22.3. The van der Waals surface area contributed by atoms with Gasteiger partial charge in [-0.15, -0.1) is 0 Å². The summed E-state index contributed by atoms with van der Waals surface area (Å²) in [4.78, 5) is 6.26. The number of nitrogens with zero attached hydrogens (tertiary/aromatic N) is 2. The highest BCUT2D eigenvalue weighted by atomic mass is 32.2. The molecule has 30 heavy (non-hydrogen) atoms. The van der Waals surface area contributed by atoms with E-state index in [4.69, 9.17) is 4.55 Å². The van der Waals surface area contributed by atoms with E-state index in [1.807, 2.05) is 40.2 Å². The van der Waals surface area contributed by atoms with Crippen LogP contribution in [0.4, 0.5) is 5.69 Å². The molecular weight excluding hydrogens is 396 g/mol. The van der Waals surface area contributed by atoms with Gasteiger partial charge in [-0.2, -0.15) is 8.42 Å². The molecule has 3 aromatic rings. The van der Waals surface area contributed by atoms with E-state index in [1.54, 1.807) is 19.1 Å². The summed E-state index contributed by atoms with van der Waals surface area (Å²) in [7, 11) is 0.0422. The summed E-state index contributed by atoms with van der Waals surface area (Å²) in [6.07, 6.45) is 6.07. The Morgan fingerprint density at radius 1 is 0.867 bits per heavy atom. The first-order chi connectivity index (χ1) is 14.1. The Morgan fingerprint density at radius 3 is 2.03 bits per heavy atom. The van der Waals surface area contributed by atoms with E-state index in [0.717, 1.165) is 11.3 Å². The van der Waals surface area contributed by atoms with Gasteiger partial charge < -0.3 is 4.90 Å². The minimum Gasteiger partial charge on any atom is -0.378 e. The summed E-state index contributed by atoms with van der Waals surface area (Å²) in [5, 5.41) is 0. The number of pyridine rings is 1. The second-order valence-corrected chi connectivity index (χ2v) is 8.68. The second-order valence-electron chi connectivity index (χ2n) is 7.29. The largest absolute Gasteiger partial charge is 0.378 e. The number of hydrogen-bond acceptors (Lipinski definition) is 4. The zero-order valence-electron chi connectivity index (χ0n) is 18.0. The van der Waals surface area contributed by atoms with Crippen molar-refractivity contribution in [3.63, 3.8) is 0 Å².